The van der Waals surface area contributed by atoms with Crippen molar-refractivity contribution in [3.8, 4) is 27.9 Å². The van der Waals surface area contributed by atoms with Crippen molar-refractivity contribution in [2.75, 3.05) is 0 Å². The second-order valence-corrected chi connectivity index (χ2v) is 13.0. The predicted molar refractivity (Wildman–Crippen MR) is 191 cm³/mol. The molecule has 2 aromatic heterocycles. The summed E-state index contributed by atoms with van der Waals surface area (Å²) in [6.07, 6.45) is 0. The van der Waals surface area contributed by atoms with Crippen LogP contribution in [0.1, 0.15) is 25.0 Å². The number of H-pyrrole nitrogens is 1. The quantitative estimate of drug-likeness (QED) is 0.212. The number of para-hydroxylation sites is 2. The molecule has 0 amide bonds. The average molecular weight is 575 g/mol. The molecule has 9 aromatic rings. The molecule has 0 aliphatic heterocycles. The van der Waals surface area contributed by atoms with Crippen molar-refractivity contribution in [3.05, 3.63) is 151 Å². The third-order valence-electron chi connectivity index (χ3n) is 10.3. The van der Waals surface area contributed by atoms with Crippen LogP contribution in [0.5, 0.6) is 0 Å². The number of rotatable bonds is 2. The first-order valence-corrected chi connectivity index (χ1v) is 15.8. The summed E-state index contributed by atoms with van der Waals surface area (Å²) in [7, 11) is 0. The van der Waals surface area contributed by atoms with E-state index in [1.165, 1.54) is 93.5 Å². The Kier molecular flexibility index (Phi) is 4.82. The molecule has 10 rings (SSSR count). The van der Waals surface area contributed by atoms with Gasteiger partial charge in [0.1, 0.15) is 0 Å². The van der Waals surface area contributed by atoms with E-state index in [0.717, 1.165) is 0 Å². The molecule has 0 saturated heterocycles. The Balaban J connectivity index is 1.26. The minimum Gasteiger partial charge on any atom is -0.354 e. The molecule has 2 nitrogen and oxygen atoms in total. The number of fused-ring (bicyclic) bond motifs is 11. The van der Waals surface area contributed by atoms with E-state index in [1.54, 1.807) is 0 Å². The summed E-state index contributed by atoms with van der Waals surface area (Å²) in [4.78, 5) is 3.71. The molecule has 0 saturated carbocycles. The molecule has 0 bridgehead atoms. The topological polar surface area (TPSA) is 20.7 Å². The van der Waals surface area contributed by atoms with Crippen molar-refractivity contribution in [2.45, 2.75) is 19.3 Å². The monoisotopic (exact) mass is 574 g/mol. The number of aromatic nitrogens is 2. The molecule has 1 N–H and O–H groups in total. The highest BCUT2D eigenvalue weighted by molar-refractivity contribution is 6.21. The highest BCUT2D eigenvalue weighted by Gasteiger charge is 2.35. The van der Waals surface area contributed by atoms with Gasteiger partial charge in [0.15, 0.2) is 0 Å². The van der Waals surface area contributed by atoms with Gasteiger partial charge in [-0.1, -0.05) is 117 Å². The van der Waals surface area contributed by atoms with Crippen molar-refractivity contribution in [2.24, 2.45) is 0 Å². The predicted octanol–water partition coefficient (Wildman–Crippen LogP) is 11.5. The number of hydrogen-bond donors (Lipinski definition) is 1. The molecule has 0 unspecified atom stereocenters. The van der Waals surface area contributed by atoms with Crippen LogP contribution in [0.25, 0.3) is 82.3 Å². The Morgan fingerprint density at radius 3 is 2.04 bits per heavy atom. The normalized spacial score (nSPS) is 13.7. The van der Waals surface area contributed by atoms with Gasteiger partial charge in [-0.15, -0.1) is 0 Å². The smallest absolute Gasteiger partial charge is 0.0547 e. The van der Waals surface area contributed by atoms with Crippen molar-refractivity contribution in [1.29, 1.82) is 0 Å². The third-order valence-corrected chi connectivity index (χ3v) is 10.3. The highest BCUT2D eigenvalue weighted by atomic mass is 15.0. The van der Waals surface area contributed by atoms with Crippen LogP contribution in [0.15, 0.2) is 140 Å². The third kappa shape index (κ3) is 3.29. The first-order chi connectivity index (χ1) is 22.1. The van der Waals surface area contributed by atoms with Crippen LogP contribution in [0.2, 0.25) is 0 Å². The molecular formula is C43H30N2. The summed E-state index contributed by atoms with van der Waals surface area (Å²) >= 11 is 0. The lowest BCUT2D eigenvalue weighted by atomic mass is 9.82. The van der Waals surface area contributed by atoms with Gasteiger partial charge < -0.3 is 9.55 Å². The van der Waals surface area contributed by atoms with Gasteiger partial charge in [-0.25, -0.2) is 0 Å². The fourth-order valence-corrected chi connectivity index (χ4v) is 8.17. The van der Waals surface area contributed by atoms with Crippen LogP contribution in [-0.2, 0) is 5.41 Å². The van der Waals surface area contributed by atoms with Crippen molar-refractivity contribution >= 4 is 54.4 Å². The van der Waals surface area contributed by atoms with Crippen LogP contribution >= 0.6 is 0 Å². The Morgan fingerprint density at radius 1 is 0.467 bits per heavy atom. The summed E-state index contributed by atoms with van der Waals surface area (Å²) in [5, 5.41) is 7.59. The lowest BCUT2D eigenvalue weighted by molar-refractivity contribution is 0.660. The Labute approximate surface area is 261 Å². The Bertz CT molecular complexity index is 2680. The molecule has 7 aromatic carbocycles. The molecule has 1 aliphatic rings. The summed E-state index contributed by atoms with van der Waals surface area (Å²) in [6, 6.07) is 51.6. The second-order valence-electron chi connectivity index (χ2n) is 13.0. The SMILES string of the molecule is CC1(C)c2ccccc2-c2ccc(-n3c4ccccc4c4ccc(-c5cc6c7ccccc7[nH]c6c6ccccc56)cc43)cc21. The van der Waals surface area contributed by atoms with Gasteiger partial charge in [-0.05, 0) is 75.2 Å². The van der Waals surface area contributed by atoms with E-state index in [9.17, 15) is 0 Å². The molecule has 0 spiro atoms. The van der Waals surface area contributed by atoms with Crippen molar-refractivity contribution in [3.63, 3.8) is 0 Å². The first-order valence-electron chi connectivity index (χ1n) is 15.8. The van der Waals surface area contributed by atoms with Crippen LogP contribution in [0, 0.1) is 0 Å². The van der Waals surface area contributed by atoms with Gasteiger partial charge in [-0.2, -0.15) is 0 Å². The molecule has 45 heavy (non-hydrogen) atoms. The van der Waals surface area contributed by atoms with E-state index in [-0.39, 0.29) is 5.41 Å². The largest absolute Gasteiger partial charge is 0.354 e. The zero-order valence-electron chi connectivity index (χ0n) is 25.2. The Morgan fingerprint density at radius 2 is 1.16 bits per heavy atom. The lowest BCUT2D eigenvalue weighted by Crippen LogP contribution is -2.15. The number of benzene rings is 7. The van der Waals surface area contributed by atoms with Gasteiger partial charge in [0.2, 0.25) is 0 Å². The number of nitrogens with one attached hydrogen (secondary N) is 1. The average Bonchev–Trinajstić information content (AvgIpc) is 3.70. The summed E-state index contributed by atoms with van der Waals surface area (Å²) in [5.41, 5.74) is 14.0. The van der Waals surface area contributed by atoms with Gasteiger partial charge in [0.05, 0.1) is 16.6 Å². The van der Waals surface area contributed by atoms with Gasteiger partial charge in [0, 0.05) is 43.6 Å². The maximum Gasteiger partial charge on any atom is 0.0547 e. The van der Waals surface area contributed by atoms with Crippen LogP contribution in [0.3, 0.4) is 0 Å². The second kappa shape index (κ2) is 8.74. The molecule has 0 radical (unpaired) electrons. The maximum absolute atomic E-state index is 3.71. The minimum atomic E-state index is -0.0560. The van der Waals surface area contributed by atoms with Crippen LogP contribution in [0.4, 0.5) is 0 Å². The van der Waals surface area contributed by atoms with E-state index in [2.05, 4.69) is 163 Å². The van der Waals surface area contributed by atoms with E-state index >= 15 is 0 Å². The van der Waals surface area contributed by atoms with Gasteiger partial charge in [-0.3, -0.25) is 0 Å². The molecule has 2 heteroatoms. The lowest BCUT2D eigenvalue weighted by Gasteiger charge is -2.22. The van der Waals surface area contributed by atoms with Crippen molar-refractivity contribution in [1.82, 2.24) is 9.55 Å². The van der Waals surface area contributed by atoms with E-state index < -0.39 is 0 Å². The molecular weight excluding hydrogens is 544 g/mol. The molecule has 2 heterocycles. The molecule has 212 valence electrons. The summed E-state index contributed by atoms with van der Waals surface area (Å²) in [6.45, 7) is 4.72. The minimum absolute atomic E-state index is 0.0560. The van der Waals surface area contributed by atoms with Crippen molar-refractivity contribution < 1.29 is 0 Å². The van der Waals surface area contributed by atoms with Gasteiger partial charge in [0.25, 0.3) is 0 Å². The number of hydrogen-bond acceptors (Lipinski definition) is 0. The fourth-order valence-electron chi connectivity index (χ4n) is 8.17. The van der Waals surface area contributed by atoms with Crippen LogP contribution < -0.4 is 0 Å². The first kappa shape index (κ1) is 24.8. The zero-order valence-corrected chi connectivity index (χ0v) is 25.2. The Hall–Kier alpha value is -5.60. The van der Waals surface area contributed by atoms with Gasteiger partial charge >= 0.3 is 0 Å². The zero-order chi connectivity index (χ0) is 29.9. The molecule has 1 aliphatic carbocycles. The fraction of sp³-hybridized carbons (Fsp3) is 0.0698. The summed E-state index contributed by atoms with van der Waals surface area (Å²) < 4.78 is 2.47. The molecule has 0 atom stereocenters. The van der Waals surface area contributed by atoms with E-state index in [4.69, 9.17) is 0 Å². The standard InChI is InChI=1S/C43H30N2/c1-43(2)37-16-8-5-12-29(37)30-22-20-27(24-38(30)43)45-40-18-10-7-14-32(40)33-21-19-26(23-41(33)45)35-25-36-31-13-6-9-17-39(31)44-42(36)34-15-4-3-11-28(34)35/h3-25,44H,1-2H3. The highest BCUT2D eigenvalue weighted by Crippen LogP contribution is 2.49. The van der Waals surface area contributed by atoms with E-state index in [1.807, 2.05) is 0 Å². The molecule has 0 fully saturated rings. The number of nitrogens with zero attached hydrogens (tertiary/aromatic N) is 1. The summed E-state index contributed by atoms with van der Waals surface area (Å²) in [5.74, 6) is 0. The van der Waals surface area contributed by atoms with Crippen LogP contribution in [-0.4, -0.2) is 9.55 Å². The van der Waals surface area contributed by atoms with E-state index in [0.29, 0.717) is 0 Å². The number of aromatic amines is 1. The maximum atomic E-state index is 3.71.